The fourth-order valence-corrected chi connectivity index (χ4v) is 4.51. The summed E-state index contributed by atoms with van der Waals surface area (Å²) in [5.41, 5.74) is 3.22. The molecule has 6 heteroatoms. The molecule has 0 radical (unpaired) electrons. The van der Waals surface area contributed by atoms with E-state index in [0.717, 1.165) is 35.5 Å². The molecule has 144 valence electrons. The number of anilines is 1. The maximum atomic E-state index is 12.7. The number of hydrogen-bond donors (Lipinski definition) is 1. The number of ether oxygens (including phenoxy) is 1. The van der Waals surface area contributed by atoms with Gasteiger partial charge < -0.3 is 10.1 Å². The molecular weight excluding hydrogens is 360 g/mol. The summed E-state index contributed by atoms with van der Waals surface area (Å²) in [5.74, 6) is -0.563. The fraction of sp³-hybridized carbons (Fsp3) is 0.429. The van der Waals surface area contributed by atoms with Gasteiger partial charge in [-0.05, 0) is 51.8 Å². The summed E-state index contributed by atoms with van der Waals surface area (Å²) in [6, 6.07) is 7.84. The summed E-state index contributed by atoms with van der Waals surface area (Å²) in [5, 5.41) is 3.54. The van der Waals surface area contributed by atoms with Crippen molar-refractivity contribution < 1.29 is 14.3 Å². The minimum atomic E-state index is -0.354. The van der Waals surface area contributed by atoms with Crippen molar-refractivity contribution in [1.29, 1.82) is 0 Å². The normalized spacial score (nSPS) is 14.1. The molecule has 0 aliphatic carbocycles. The minimum Gasteiger partial charge on any atom is -0.462 e. The van der Waals surface area contributed by atoms with Gasteiger partial charge in [-0.2, -0.15) is 0 Å². The molecule has 1 aliphatic heterocycles. The average Bonchev–Trinajstić information content (AvgIpc) is 2.99. The number of carbonyl (C=O) groups is 2. The first kappa shape index (κ1) is 19.6. The van der Waals surface area contributed by atoms with Gasteiger partial charge in [0.15, 0.2) is 0 Å². The Morgan fingerprint density at radius 1 is 1.26 bits per heavy atom. The van der Waals surface area contributed by atoms with Gasteiger partial charge in [0, 0.05) is 29.6 Å². The van der Waals surface area contributed by atoms with Gasteiger partial charge >= 0.3 is 5.97 Å². The van der Waals surface area contributed by atoms with Gasteiger partial charge in [-0.1, -0.05) is 17.7 Å². The number of hydrogen-bond acceptors (Lipinski definition) is 5. The van der Waals surface area contributed by atoms with Crippen molar-refractivity contribution in [2.24, 2.45) is 0 Å². The molecule has 1 aliphatic rings. The van der Waals surface area contributed by atoms with Gasteiger partial charge in [0.1, 0.15) is 5.00 Å². The summed E-state index contributed by atoms with van der Waals surface area (Å²) >= 11 is 1.49. The summed E-state index contributed by atoms with van der Waals surface area (Å²) in [6.07, 6.45) is 0.790. The summed E-state index contributed by atoms with van der Waals surface area (Å²) in [4.78, 5) is 28.8. The molecule has 0 unspecified atom stereocenters. The number of amides is 1. The van der Waals surface area contributed by atoms with Crippen molar-refractivity contribution in [1.82, 2.24) is 4.90 Å². The Labute approximate surface area is 164 Å². The number of carbonyl (C=O) groups excluding carboxylic acids is 2. The van der Waals surface area contributed by atoms with Gasteiger partial charge in [-0.3, -0.25) is 9.69 Å². The molecule has 0 atom stereocenters. The number of aryl methyl sites for hydroxylation is 1. The van der Waals surface area contributed by atoms with Crippen LogP contribution >= 0.6 is 11.3 Å². The lowest BCUT2D eigenvalue weighted by atomic mass is 10.0. The predicted octanol–water partition coefficient (Wildman–Crippen LogP) is 4.25. The SMILES string of the molecule is CCOC(=O)c1c(NC(=O)c2ccc(C)cc2)sc2c1CCN(C(C)C)C2. The number of nitrogens with one attached hydrogen (secondary N) is 1. The predicted molar refractivity (Wildman–Crippen MR) is 109 cm³/mol. The Morgan fingerprint density at radius 2 is 1.96 bits per heavy atom. The van der Waals surface area contributed by atoms with Crippen LogP contribution in [0.4, 0.5) is 5.00 Å². The molecule has 1 aromatic heterocycles. The van der Waals surface area contributed by atoms with E-state index in [1.165, 1.54) is 11.3 Å². The number of fused-ring (bicyclic) bond motifs is 1. The number of rotatable bonds is 5. The molecule has 0 fully saturated rings. The highest BCUT2D eigenvalue weighted by Crippen LogP contribution is 2.38. The van der Waals surface area contributed by atoms with Crippen molar-refractivity contribution in [2.75, 3.05) is 18.5 Å². The molecule has 0 saturated heterocycles. The molecular formula is C21H26N2O3S. The van der Waals surface area contributed by atoms with Crippen LogP contribution < -0.4 is 5.32 Å². The van der Waals surface area contributed by atoms with E-state index in [4.69, 9.17) is 4.74 Å². The highest BCUT2D eigenvalue weighted by molar-refractivity contribution is 7.17. The summed E-state index contributed by atoms with van der Waals surface area (Å²) < 4.78 is 5.27. The van der Waals surface area contributed by atoms with Crippen LogP contribution in [-0.2, 0) is 17.7 Å². The maximum absolute atomic E-state index is 12.7. The monoisotopic (exact) mass is 386 g/mol. The van der Waals surface area contributed by atoms with Gasteiger partial charge in [-0.15, -0.1) is 11.3 Å². The van der Waals surface area contributed by atoms with E-state index < -0.39 is 0 Å². The van der Waals surface area contributed by atoms with Gasteiger partial charge in [0.25, 0.3) is 5.91 Å². The largest absolute Gasteiger partial charge is 0.462 e. The molecule has 27 heavy (non-hydrogen) atoms. The zero-order chi connectivity index (χ0) is 19.6. The molecule has 0 bridgehead atoms. The Morgan fingerprint density at radius 3 is 2.59 bits per heavy atom. The Balaban J connectivity index is 1.92. The second-order valence-corrected chi connectivity index (χ2v) is 8.17. The van der Waals surface area contributed by atoms with Crippen LogP contribution in [0.2, 0.25) is 0 Å². The van der Waals surface area contributed by atoms with Crippen molar-refractivity contribution >= 4 is 28.2 Å². The minimum absolute atomic E-state index is 0.208. The summed E-state index contributed by atoms with van der Waals surface area (Å²) in [6.45, 7) is 10.1. The Hall–Kier alpha value is -2.18. The first-order valence-electron chi connectivity index (χ1n) is 9.34. The van der Waals surface area contributed by atoms with E-state index in [9.17, 15) is 9.59 Å². The fourth-order valence-electron chi connectivity index (χ4n) is 3.25. The molecule has 2 heterocycles. The number of thiophene rings is 1. The quantitative estimate of drug-likeness (QED) is 0.781. The molecule has 0 saturated carbocycles. The van der Waals surface area contributed by atoms with Gasteiger partial charge in [0.05, 0.1) is 12.2 Å². The number of esters is 1. The third kappa shape index (κ3) is 4.22. The lowest BCUT2D eigenvalue weighted by molar-refractivity contribution is 0.0526. The number of nitrogens with zero attached hydrogens (tertiary/aromatic N) is 1. The van der Waals surface area contributed by atoms with Crippen LogP contribution in [0.5, 0.6) is 0 Å². The lowest BCUT2D eigenvalue weighted by Crippen LogP contribution is -2.35. The van der Waals surface area contributed by atoms with Gasteiger partial charge in [0.2, 0.25) is 0 Å². The second kappa shape index (κ2) is 8.23. The van der Waals surface area contributed by atoms with Crippen LogP contribution in [0.1, 0.15) is 57.5 Å². The zero-order valence-corrected chi connectivity index (χ0v) is 17.1. The van der Waals surface area contributed by atoms with E-state index in [-0.39, 0.29) is 11.9 Å². The second-order valence-electron chi connectivity index (χ2n) is 7.06. The molecule has 2 aromatic rings. The van der Waals surface area contributed by atoms with Crippen molar-refractivity contribution in [3.63, 3.8) is 0 Å². The third-order valence-electron chi connectivity index (χ3n) is 4.84. The Kier molecular flexibility index (Phi) is 5.97. The molecule has 5 nitrogen and oxygen atoms in total. The van der Waals surface area contributed by atoms with Crippen LogP contribution in [0.3, 0.4) is 0 Å². The van der Waals surface area contributed by atoms with Crippen LogP contribution in [0.15, 0.2) is 24.3 Å². The van der Waals surface area contributed by atoms with Crippen molar-refractivity contribution in [3.05, 3.63) is 51.4 Å². The van der Waals surface area contributed by atoms with E-state index in [2.05, 4.69) is 24.1 Å². The van der Waals surface area contributed by atoms with Gasteiger partial charge in [-0.25, -0.2) is 4.79 Å². The van der Waals surface area contributed by atoms with Crippen molar-refractivity contribution in [3.8, 4) is 0 Å². The van der Waals surface area contributed by atoms with Crippen LogP contribution in [0, 0.1) is 6.92 Å². The first-order chi connectivity index (χ1) is 12.9. The molecule has 1 N–H and O–H groups in total. The van der Waals surface area contributed by atoms with E-state index >= 15 is 0 Å². The topological polar surface area (TPSA) is 58.6 Å². The highest BCUT2D eigenvalue weighted by Gasteiger charge is 2.30. The third-order valence-corrected chi connectivity index (χ3v) is 5.97. The Bertz CT molecular complexity index is 840. The maximum Gasteiger partial charge on any atom is 0.341 e. The standard InChI is InChI=1S/C21H26N2O3S/c1-5-26-21(25)18-16-10-11-23(13(2)3)12-17(16)27-20(18)22-19(24)15-8-6-14(4)7-9-15/h6-9,13H,5,10-12H2,1-4H3,(H,22,24). The highest BCUT2D eigenvalue weighted by atomic mass is 32.1. The van der Waals surface area contributed by atoms with Crippen LogP contribution in [-0.4, -0.2) is 36.0 Å². The smallest absolute Gasteiger partial charge is 0.341 e. The van der Waals surface area contributed by atoms with E-state index in [0.29, 0.717) is 28.8 Å². The summed E-state index contributed by atoms with van der Waals surface area (Å²) in [7, 11) is 0. The zero-order valence-electron chi connectivity index (χ0n) is 16.3. The van der Waals surface area contributed by atoms with Crippen LogP contribution in [0.25, 0.3) is 0 Å². The number of benzene rings is 1. The first-order valence-corrected chi connectivity index (χ1v) is 10.2. The molecule has 1 aromatic carbocycles. The van der Waals surface area contributed by atoms with E-state index in [1.54, 1.807) is 19.1 Å². The molecule has 3 rings (SSSR count). The average molecular weight is 387 g/mol. The molecule has 0 spiro atoms. The van der Waals surface area contributed by atoms with Crippen molar-refractivity contribution in [2.45, 2.75) is 46.7 Å². The van der Waals surface area contributed by atoms with E-state index in [1.807, 2.05) is 19.1 Å². The lowest BCUT2D eigenvalue weighted by Gasteiger charge is -2.30. The molecule has 1 amide bonds.